The molecule has 1 heterocycles. The molecule has 3 N–H and O–H groups in total. The summed E-state index contributed by atoms with van der Waals surface area (Å²) in [5, 5.41) is 13.4. The first-order chi connectivity index (χ1) is 9.61. The predicted molar refractivity (Wildman–Crippen MR) is 76.9 cm³/mol. The van der Waals surface area contributed by atoms with Crippen LogP contribution in [-0.4, -0.2) is 33.9 Å². The fourth-order valence-corrected chi connectivity index (χ4v) is 2.24. The van der Waals surface area contributed by atoms with Crippen molar-refractivity contribution >= 4 is 23.1 Å². The molecular weight excluding hydrogens is 276 g/mol. The molecule has 6 nitrogen and oxygen atoms in total. The first-order valence-corrected chi connectivity index (χ1v) is 6.76. The maximum atomic E-state index is 12.2. The summed E-state index contributed by atoms with van der Waals surface area (Å²) in [6.45, 7) is 0.463. The van der Waals surface area contributed by atoms with Crippen molar-refractivity contribution in [3.63, 3.8) is 0 Å². The van der Waals surface area contributed by atoms with Crippen LogP contribution in [0.25, 0.3) is 0 Å². The molecule has 0 unspecified atom stereocenters. The summed E-state index contributed by atoms with van der Waals surface area (Å²) in [4.78, 5) is 17.9. The summed E-state index contributed by atoms with van der Waals surface area (Å²) < 4.78 is 0. The molecule has 0 saturated carbocycles. The van der Waals surface area contributed by atoms with E-state index in [9.17, 15) is 4.79 Å². The highest BCUT2D eigenvalue weighted by Gasteiger charge is 2.13. The van der Waals surface area contributed by atoms with Gasteiger partial charge in [0.15, 0.2) is 5.84 Å². The standard InChI is InChI=1S/C13H14N4O2S/c1-17(6-11-7-20-8-15-11)13(18)10-4-2-9(3-5-10)12(14)16-19/h2-5,7-8,19H,6H2,1H3,(H2,14,16). The van der Waals surface area contributed by atoms with Gasteiger partial charge in [-0.25, -0.2) is 4.98 Å². The SMILES string of the molecule is CN(Cc1cscn1)C(=O)c1ccc(C(N)=NO)cc1. The molecule has 2 aromatic rings. The highest BCUT2D eigenvalue weighted by molar-refractivity contribution is 7.07. The molecule has 1 aromatic heterocycles. The number of nitrogens with zero attached hydrogens (tertiary/aromatic N) is 3. The van der Waals surface area contributed by atoms with Gasteiger partial charge in [-0.3, -0.25) is 4.79 Å². The average molecular weight is 290 g/mol. The molecule has 0 bridgehead atoms. The van der Waals surface area contributed by atoms with E-state index in [4.69, 9.17) is 10.9 Å². The normalized spacial score (nSPS) is 11.3. The molecule has 0 radical (unpaired) electrons. The molecule has 1 aromatic carbocycles. The number of nitrogens with two attached hydrogens (primary N) is 1. The molecule has 1 amide bonds. The Hall–Kier alpha value is -2.41. The minimum atomic E-state index is -0.107. The smallest absolute Gasteiger partial charge is 0.253 e. The number of carbonyl (C=O) groups is 1. The number of thiazole rings is 1. The summed E-state index contributed by atoms with van der Waals surface area (Å²) in [5.41, 5.74) is 9.16. The lowest BCUT2D eigenvalue weighted by atomic mass is 10.1. The van der Waals surface area contributed by atoms with E-state index in [1.54, 1.807) is 41.7 Å². The van der Waals surface area contributed by atoms with Crippen molar-refractivity contribution < 1.29 is 10.0 Å². The Morgan fingerprint density at radius 3 is 2.60 bits per heavy atom. The minimum absolute atomic E-state index is 0.0137. The Balaban J connectivity index is 2.09. The van der Waals surface area contributed by atoms with Crippen LogP contribution in [0.3, 0.4) is 0 Å². The summed E-state index contributed by atoms with van der Waals surface area (Å²) in [6.07, 6.45) is 0. The van der Waals surface area contributed by atoms with Gasteiger partial charge in [0.2, 0.25) is 0 Å². The third-order valence-electron chi connectivity index (χ3n) is 2.76. The number of amides is 1. The zero-order chi connectivity index (χ0) is 14.5. The lowest BCUT2D eigenvalue weighted by Gasteiger charge is -2.16. The van der Waals surface area contributed by atoms with Crippen LogP contribution in [0.5, 0.6) is 0 Å². The third kappa shape index (κ3) is 3.12. The molecule has 7 heteroatoms. The van der Waals surface area contributed by atoms with Gasteiger partial charge in [-0.15, -0.1) is 11.3 Å². The molecule has 0 aliphatic rings. The van der Waals surface area contributed by atoms with Crippen molar-refractivity contribution in [2.75, 3.05) is 7.05 Å². The number of carbonyl (C=O) groups excluding carboxylic acids is 1. The van der Waals surface area contributed by atoms with E-state index in [0.717, 1.165) is 5.69 Å². The van der Waals surface area contributed by atoms with Crippen molar-refractivity contribution in [1.29, 1.82) is 0 Å². The zero-order valence-electron chi connectivity index (χ0n) is 10.9. The third-order valence-corrected chi connectivity index (χ3v) is 3.40. The number of amidine groups is 1. The number of oxime groups is 1. The molecular formula is C13H14N4O2S. The second kappa shape index (κ2) is 6.16. The van der Waals surface area contributed by atoms with Crippen molar-refractivity contribution in [3.8, 4) is 0 Å². The molecule has 2 rings (SSSR count). The highest BCUT2D eigenvalue weighted by Crippen LogP contribution is 2.10. The monoisotopic (exact) mass is 290 g/mol. The van der Waals surface area contributed by atoms with E-state index < -0.39 is 0 Å². The van der Waals surface area contributed by atoms with Gasteiger partial charge in [0, 0.05) is 23.6 Å². The Labute approximate surface area is 120 Å². The second-order valence-corrected chi connectivity index (χ2v) is 4.92. The topological polar surface area (TPSA) is 91.8 Å². The summed E-state index contributed by atoms with van der Waals surface area (Å²) >= 11 is 1.50. The quantitative estimate of drug-likeness (QED) is 0.386. The molecule has 0 spiro atoms. The van der Waals surface area contributed by atoms with Gasteiger partial charge in [-0.2, -0.15) is 0 Å². The van der Waals surface area contributed by atoms with E-state index in [-0.39, 0.29) is 11.7 Å². The van der Waals surface area contributed by atoms with Crippen LogP contribution in [0.2, 0.25) is 0 Å². The van der Waals surface area contributed by atoms with Gasteiger partial charge in [0.05, 0.1) is 17.7 Å². The van der Waals surface area contributed by atoms with Crippen LogP contribution in [0.4, 0.5) is 0 Å². The fraction of sp³-hybridized carbons (Fsp3) is 0.154. The molecule has 0 atom stereocenters. The maximum Gasteiger partial charge on any atom is 0.253 e. The molecule has 0 aliphatic carbocycles. The van der Waals surface area contributed by atoms with Gasteiger partial charge < -0.3 is 15.8 Å². The van der Waals surface area contributed by atoms with Gasteiger partial charge in [0.25, 0.3) is 5.91 Å². The van der Waals surface area contributed by atoms with Crippen LogP contribution in [0, 0.1) is 0 Å². The van der Waals surface area contributed by atoms with Gasteiger partial charge in [-0.05, 0) is 12.1 Å². The van der Waals surface area contributed by atoms with Crippen molar-refractivity contribution in [3.05, 3.63) is 52.0 Å². The first-order valence-electron chi connectivity index (χ1n) is 5.82. The molecule has 104 valence electrons. The predicted octanol–water partition coefficient (Wildman–Crippen LogP) is 1.51. The Bertz CT molecular complexity index is 608. The van der Waals surface area contributed by atoms with Crippen molar-refractivity contribution in [2.24, 2.45) is 10.9 Å². The molecule has 0 saturated heterocycles. The largest absolute Gasteiger partial charge is 0.409 e. The number of hydrogen-bond acceptors (Lipinski definition) is 5. The van der Waals surface area contributed by atoms with Crippen molar-refractivity contribution in [1.82, 2.24) is 9.88 Å². The summed E-state index contributed by atoms with van der Waals surface area (Å²) in [6, 6.07) is 6.57. The Kier molecular flexibility index (Phi) is 4.31. The van der Waals surface area contributed by atoms with E-state index in [1.807, 2.05) is 5.38 Å². The number of hydrogen-bond donors (Lipinski definition) is 2. The Morgan fingerprint density at radius 2 is 2.05 bits per heavy atom. The first kappa shape index (κ1) is 14.0. The maximum absolute atomic E-state index is 12.2. The lowest BCUT2D eigenvalue weighted by molar-refractivity contribution is 0.0783. The van der Waals surface area contributed by atoms with Crippen LogP contribution >= 0.6 is 11.3 Å². The van der Waals surface area contributed by atoms with E-state index in [1.165, 1.54) is 11.3 Å². The second-order valence-electron chi connectivity index (χ2n) is 4.20. The van der Waals surface area contributed by atoms with Gasteiger partial charge in [0.1, 0.15) is 0 Å². The lowest BCUT2D eigenvalue weighted by Crippen LogP contribution is -2.26. The molecule has 20 heavy (non-hydrogen) atoms. The zero-order valence-corrected chi connectivity index (χ0v) is 11.7. The minimum Gasteiger partial charge on any atom is -0.409 e. The van der Waals surface area contributed by atoms with Gasteiger partial charge in [-0.1, -0.05) is 17.3 Å². The van der Waals surface area contributed by atoms with E-state index >= 15 is 0 Å². The summed E-state index contributed by atoms with van der Waals surface area (Å²) in [7, 11) is 1.72. The van der Waals surface area contributed by atoms with Crippen LogP contribution in [0.15, 0.2) is 40.3 Å². The van der Waals surface area contributed by atoms with Crippen LogP contribution < -0.4 is 5.73 Å². The van der Waals surface area contributed by atoms with Crippen LogP contribution in [-0.2, 0) is 6.54 Å². The number of benzene rings is 1. The molecule has 0 fully saturated rings. The van der Waals surface area contributed by atoms with E-state index in [0.29, 0.717) is 17.7 Å². The van der Waals surface area contributed by atoms with Gasteiger partial charge >= 0.3 is 0 Å². The molecule has 0 aliphatic heterocycles. The number of aromatic nitrogens is 1. The highest BCUT2D eigenvalue weighted by atomic mass is 32.1. The van der Waals surface area contributed by atoms with E-state index in [2.05, 4.69) is 10.1 Å². The summed E-state index contributed by atoms with van der Waals surface area (Å²) in [5.74, 6) is -0.0936. The average Bonchev–Trinajstić information content (AvgIpc) is 2.98. The number of rotatable bonds is 4. The Morgan fingerprint density at radius 1 is 1.40 bits per heavy atom. The fourth-order valence-electron chi connectivity index (χ4n) is 1.69. The van der Waals surface area contributed by atoms with Crippen molar-refractivity contribution in [2.45, 2.75) is 6.54 Å². The van der Waals surface area contributed by atoms with Crippen LogP contribution in [0.1, 0.15) is 21.6 Å².